The van der Waals surface area contributed by atoms with Gasteiger partial charge in [0.1, 0.15) is 16.0 Å². The van der Waals surface area contributed by atoms with Crippen molar-refractivity contribution in [2.24, 2.45) is 0 Å². The van der Waals surface area contributed by atoms with Gasteiger partial charge in [0.2, 0.25) is 8.32 Å². The molecular formula is C10H12BrF3O2Si. The summed E-state index contributed by atoms with van der Waals surface area (Å²) in [4.78, 5) is 0. The minimum absolute atomic E-state index is 0.180. The fourth-order valence-electron chi connectivity index (χ4n) is 1.10. The van der Waals surface area contributed by atoms with Crippen molar-refractivity contribution in [1.82, 2.24) is 0 Å². The molecule has 0 spiro atoms. The third-order valence-electron chi connectivity index (χ3n) is 1.57. The molecule has 0 unspecified atom stereocenters. The zero-order valence-corrected chi connectivity index (χ0v) is 12.1. The third-order valence-corrected chi connectivity index (χ3v) is 3.18. The first-order chi connectivity index (χ1) is 7.58. The van der Waals surface area contributed by atoms with E-state index in [0.29, 0.717) is 5.75 Å². The maximum Gasteiger partial charge on any atom is 0.573 e. The average Bonchev–Trinajstić information content (AvgIpc) is 2.07. The molecule has 0 bridgehead atoms. The monoisotopic (exact) mass is 328 g/mol. The molecule has 0 heterocycles. The van der Waals surface area contributed by atoms with Gasteiger partial charge in [-0.2, -0.15) is 0 Å². The number of hydrogen-bond donors (Lipinski definition) is 0. The molecule has 1 rings (SSSR count). The minimum atomic E-state index is -4.71. The molecule has 0 aromatic heterocycles. The van der Waals surface area contributed by atoms with E-state index >= 15 is 0 Å². The fraction of sp³-hybridized carbons (Fsp3) is 0.400. The summed E-state index contributed by atoms with van der Waals surface area (Å²) in [6.07, 6.45) is -4.71. The van der Waals surface area contributed by atoms with Crippen LogP contribution in [0.3, 0.4) is 0 Å². The second-order valence-electron chi connectivity index (χ2n) is 4.33. The Balaban J connectivity index is 3.00. The normalized spacial score (nSPS) is 12.4. The van der Waals surface area contributed by atoms with Crippen molar-refractivity contribution >= 4 is 24.2 Å². The molecule has 0 amide bonds. The molecule has 0 aliphatic carbocycles. The molecular weight excluding hydrogens is 317 g/mol. The van der Waals surface area contributed by atoms with Crippen LogP contribution in [0.1, 0.15) is 0 Å². The third kappa shape index (κ3) is 4.99. The molecule has 1 aromatic rings. The predicted octanol–water partition coefficient (Wildman–Crippen LogP) is 4.56. The highest BCUT2D eigenvalue weighted by molar-refractivity contribution is 9.10. The van der Waals surface area contributed by atoms with Crippen LogP contribution >= 0.6 is 15.9 Å². The Hall–Kier alpha value is -0.693. The van der Waals surface area contributed by atoms with E-state index < -0.39 is 14.7 Å². The van der Waals surface area contributed by atoms with Crippen molar-refractivity contribution in [3.63, 3.8) is 0 Å². The van der Waals surface area contributed by atoms with E-state index in [4.69, 9.17) is 4.43 Å². The minimum Gasteiger partial charge on any atom is -0.543 e. The summed E-state index contributed by atoms with van der Waals surface area (Å²) >= 11 is 3.06. The Labute approximate surface area is 107 Å². The van der Waals surface area contributed by atoms with Crippen LogP contribution in [0.2, 0.25) is 19.6 Å². The van der Waals surface area contributed by atoms with Gasteiger partial charge in [0.15, 0.2) is 0 Å². The van der Waals surface area contributed by atoms with Gasteiger partial charge in [-0.15, -0.1) is 13.2 Å². The van der Waals surface area contributed by atoms with Gasteiger partial charge in [0.25, 0.3) is 0 Å². The van der Waals surface area contributed by atoms with Gasteiger partial charge in [-0.05, 0) is 47.7 Å². The van der Waals surface area contributed by atoms with Crippen LogP contribution in [0.15, 0.2) is 22.7 Å². The number of halogens is 4. The van der Waals surface area contributed by atoms with Crippen molar-refractivity contribution in [3.05, 3.63) is 22.7 Å². The molecule has 96 valence electrons. The molecule has 0 aliphatic heterocycles. The highest BCUT2D eigenvalue weighted by Crippen LogP contribution is 2.37. The molecule has 0 aliphatic rings. The van der Waals surface area contributed by atoms with Gasteiger partial charge < -0.3 is 9.16 Å². The number of alkyl halides is 3. The zero-order chi connectivity index (χ0) is 13.3. The quantitative estimate of drug-likeness (QED) is 0.757. The standard InChI is InChI=1S/C10H12BrF3O2Si/c1-17(2,3)16-8-6-4-5-7(9(8)11)15-10(12,13)14/h4-6H,1-3H3. The number of benzene rings is 1. The summed E-state index contributed by atoms with van der Waals surface area (Å²) in [5.41, 5.74) is 0. The molecule has 0 saturated heterocycles. The molecule has 17 heavy (non-hydrogen) atoms. The largest absolute Gasteiger partial charge is 0.573 e. The van der Waals surface area contributed by atoms with Gasteiger partial charge in [-0.1, -0.05) is 6.07 Å². The van der Waals surface area contributed by atoms with E-state index in [-0.39, 0.29) is 10.2 Å². The van der Waals surface area contributed by atoms with Crippen LogP contribution in [0, 0.1) is 0 Å². The molecule has 0 radical (unpaired) electrons. The first-order valence-corrected chi connectivity index (χ1v) is 9.02. The maximum atomic E-state index is 12.1. The topological polar surface area (TPSA) is 18.5 Å². The zero-order valence-electron chi connectivity index (χ0n) is 9.56. The number of hydrogen-bond acceptors (Lipinski definition) is 2. The first-order valence-electron chi connectivity index (χ1n) is 4.82. The molecule has 0 atom stereocenters. The molecule has 0 N–H and O–H groups in total. The van der Waals surface area contributed by atoms with Crippen LogP contribution < -0.4 is 9.16 Å². The Kier molecular flexibility index (Phi) is 4.13. The highest BCUT2D eigenvalue weighted by Gasteiger charge is 2.32. The SMILES string of the molecule is C[Si](C)(C)Oc1cccc(OC(F)(F)F)c1Br. The van der Waals surface area contributed by atoms with E-state index in [1.54, 1.807) is 6.07 Å². The van der Waals surface area contributed by atoms with Crippen LogP contribution in [0.4, 0.5) is 13.2 Å². The lowest BCUT2D eigenvalue weighted by atomic mass is 10.3. The van der Waals surface area contributed by atoms with E-state index in [1.807, 2.05) is 19.6 Å². The lowest BCUT2D eigenvalue weighted by Crippen LogP contribution is -2.29. The van der Waals surface area contributed by atoms with Crippen molar-refractivity contribution in [2.75, 3.05) is 0 Å². The summed E-state index contributed by atoms with van der Waals surface area (Å²) in [7, 11) is -1.88. The van der Waals surface area contributed by atoms with Crippen LogP contribution in [0.5, 0.6) is 11.5 Å². The van der Waals surface area contributed by atoms with Crippen molar-refractivity contribution in [1.29, 1.82) is 0 Å². The molecule has 2 nitrogen and oxygen atoms in total. The van der Waals surface area contributed by atoms with Gasteiger partial charge in [-0.25, -0.2) is 0 Å². The Bertz CT molecular complexity index is 367. The summed E-state index contributed by atoms with van der Waals surface area (Å²) < 4.78 is 46.0. The van der Waals surface area contributed by atoms with E-state index in [0.717, 1.165) is 0 Å². The van der Waals surface area contributed by atoms with E-state index in [1.165, 1.54) is 12.1 Å². The van der Waals surface area contributed by atoms with E-state index in [9.17, 15) is 13.2 Å². The van der Waals surface area contributed by atoms with Crippen molar-refractivity contribution in [2.45, 2.75) is 26.0 Å². The fourth-order valence-corrected chi connectivity index (χ4v) is 2.51. The van der Waals surface area contributed by atoms with Crippen LogP contribution in [-0.4, -0.2) is 14.7 Å². The Morgan fingerprint density at radius 1 is 1.12 bits per heavy atom. The summed E-state index contributed by atoms with van der Waals surface area (Å²) in [6.45, 7) is 5.82. The lowest BCUT2D eigenvalue weighted by molar-refractivity contribution is -0.274. The van der Waals surface area contributed by atoms with Crippen LogP contribution in [-0.2, 0) is 0 Å². The Morgan fingerprint density at radius 3 is 2.12 bits per heavy atom. The van der Waals surface area contributed by atoms with Gasteiger partial charge in [-0.3, -0.25) is 0 Å². The van der Waals surface area contributed by atoms with Gasteiger partial charge in [0, 0.05) is 0 Å². The van der Waals surface area contributed by atoms with Gasteiger partial charge in [0.05, 0.1) is 0 Å². The number of rotatable bonds is 3. The van der Waals surface area contributed by atoms with Crippen LogP contribution in [0.25, 0.3) is 0 Å². The highest BCUT2D eigenvalue weighted by atomic mass is 79.9. The average molecular weight is 329 g/mol. The summed E-state index contributed by atoms with van der Waals surface area (Å²) in [6, 6.07) is 4.29. The Morgan fingerprint density at radius 2 is 1.65 bits per heavy atom. The molecule has 1 aromatic carbocycles. The smallest absolute Gasteiger partial charge is 0.543 e. The second kappa shape index (κ2) is 4.89. The molecule has 0 saturated carbocycles. The van der Waals surface area contributed by atoms with Crippen molar-refractivity contribution in [3.8, 4) is 11.5 Å². The second-order valence-corrected chi connectivity index (χ2v) is 9.55. The van der Waals surface area contributed by atoms with E-state index in [2.05, 4.69) is 20.7 Å². The van der Waals surface area contributed by atoms with Crippen molar-refractivity contribution < 1.29 is 22.3 Å². The molecule has 0 fully saturated rings. The summed E-state index contributed by atoms with van der Waals surface area (Å²) in [5.74, 6) is 0.0687. The molecule has 7 heteroatoms. The predicted molar refractivity (Wildman–Crippen MR) is 64.8 cm³/mol. The van der Waals surface area contributed by atoms with Gasteiger partial charge >= 0.3 is 6.36 Å². The number of ether oxygens (including phenoxy) is 1. The summed E-state index contributed by atoms with van der Waals surface area (Å²) in [5, 5.41) is 0. The first kappa shape index (κ1) is 14.4. The maximum absolute atomic E-state index is 12.1. The lowest BCUT2D eigenvalue weighted by Gasteiger charge is -2.21.